The lowest BCUT2D eigenvalue weighted by atomic mass is 10.0. The zero-order chi connectivity index (χ0) is 27.6. The molecule has 0 radical (unpaired) electrons. The fourth-order valence-corrected chi connectivity index (χ4v) is 6.39. The normalized spacial score (nSPS) is 19.1. The largest absolute Gasteiger partial charge is 0.448 e. The lowest BCUT2D eigenvalue weighted by Crippen LogP contribution is -2.61. The average molecular weight is 563 g/mol. The molecule has 5 rings (SSSR count). The zero-order valence-electron chi connectivity index (χ0n) is 21.3. The van der Waals surface area contributed by atoms with Gasteiger partial charge in [-0.1, -0.05) is 103 Å². The van der Waals surface area contributed by atoms with E-state index in [9.17, 15) is 18.0 Å². The molecule has 1 amide bonds. The Bertz CT molecular complexity index is 1500. The van der Waals surface area contributed by atoms with Gasteiger partial charge in [-0.3, -0.25) is 14.7 Å². The summed E-state index contributed by atoms with van der Waals surface area (Å²) in [5.41, 5.74) is 2.22. The van der Waals surface area contributed by atoms with Crippen LogP contribution in [-0.4, -0.2) is 47.9 Å². The van der Waals surface area contributed by atoms with Crippen LogP contribution in [0.3, 0.4) is 0 Å². The molecule has 0 aliphatic carbocycles. The first-order chi connectivity index (χ1) is 18.7. The Morgan fingerprint density at radius 3 is 2.03 bits per heavy atom. The minimum absolute atomic E-state index is 0.244. The van der Waals surface area contributed by atoms with Crippen LogP contribution in [0.5, 0.6) is 0 Å². The predicted molar refractivity (Wildman–Crippen MR) is 149 cm³/mol. The van der Waals surface area contributed by atoms with Gasteiger partial charge < -0.3 is 8.92 Å². The van der Waals surface area contributed by atoms with Gasteiger partial charge in [0.2, 0.25) is 0 Å². The van der Waals surface area contributed by atoms with Gasteiger partial charge in [-0.05, 0) is 23.6 Å². The molecule has 0 bridgehead atoms. The number of esters is 1. The number of fused-ring (bicyclic) bond motifs is 1. The molecule has 2 aliphatic rings. The molecule has 0 spiro atoms. The van der Waals surface area contributed by atoms with Crippen molar-refractivity contribution >= 4 is 38.8 Å². The maximum Gasteiger partial charge on any atom is 0.359 e. The standard InChI is InChI=1S/C29H26N2O6S2/c1-19(37-39(2,34)35)25(29(33)36-26(21-14-8-4-9-15-21)22-16-10-5-11-17-22)31-27(32)24-28(31)38-23(30-24)18-20-12-6-3-7-13-20/h3-17,24,26,28H,18H2,1-2H3. The fraction of sp³-hybridized carbons (Fsp3) is 0.207. The highest BCUT2D eigenvalue weighted by Crippen LogP contribution is 2.43. The van der Waals surface area contributed by atoms with Gasteiger partial charge in [0.05, 0.1) is 11.3 Å². The number of benzene rings is 3. The zero-order valence-corrected chi connectivity index (χ0v) is 22.9. The Hall–Kier alpha value is -3.89. The predicted octanol–water partition coefficient (Wildman–Crippen LogP) is 4.45. The van der Waals surface area contributed by atoms with E-state index in [-0.39, 0.29) is 11.5 Å². The van der Waals surface area contributed by atoms with Gasteiger partial charge in [-0.25, -0.2) is 4.79 Å². The summed E-state index contributed by atoms with van der Waals surface area (Å²) < 4.78 is 35.1. The minimum Gasteiger partial charge on any atom is -0.448 e. The van der Waals surface area contributed by atoms with Gasteiger partial charge in [0, 0.05) is 6.42 Å². The molecule has 1 fully saturated rings. The summed E-state index contributed by atoms with van der Waals surface area (Å²) in [6.07, 6.45) is 0.628. The van der Waals surface area contributed by atoms with Crippen LogP contribution in [-0.2, 0) is 35.0 Å². The molecular formula is C29H26N2O6S2. The summed E-state index contributed by atoms with van der Waals surface area (Å²) in [6, 6.07) is 27.4. The van der Waals surface area contributed by atoms with Crippen LogP contribution in [0, 0.1) is 0 Å². The number of carbonyl (C=O) groups is 2. The Kier molecular flexibility index (Phi) is 7.58. The van der Waals surface area contributed by atoms with Crippen molar-refractivity contribution in [3.05, 3.63) is 119 Å². The maximum absolute atomic E-state index is 13.8. The Morgan fingerprint density at radius 2 is 1.49 bits per heavy atom. The lowest BCUT2D eigenvalue weighted by molar-refractivity contribution is -0.153. The fourth-order valence-electron chi connectivity index (χ4n) is 4.53. The number of carbonyl (C=O) groups excluding carboxylic acids is 2. The second-order valence-corrected chi connectivity index (χ2v) is 11.9. The highest BCUT2D eigenvalue weighted by Gasteiger charge is 2.56. The van der Waals surface area contributed by atoms with Crippen molar-refractivity contribution in [2.75, 3.05) is 6.26 Å². The number of thioether (sulfide) groups is 1. The number of nitrogens with zero attached hydrogens (tertiary/aromatic N) is 2. The summed E-state index contributed by atoms with van der Waals surface area (Å²) in [7, 11) is -3.98. The molecule has 2 heterocycles. The van der Waals surface area contributed by atoms with Gasteiger partial charge in [0.1, 0.15) is 11.1 Å². The summed E-state index contributed by atoms with van der Waals surface area (Å²) in [5.74, 6) is -1.54. The number of hydrogen-bond acceptors (Lipinski definition) is 8. The monoisotopic (exact) mass is 562 g/mol. The van der Waals surface area contributed by atoms with E-state index in [0.29, 0.717) is 6.42 Å². The molecule has 0 aromatic heterocycles. The lowest BCUT2D eigenvalue weighted by Gasteiger charge is -2.41. The molecule has 2 aliphatic heterocycles. The third-order valence-corrected chi connectivity index (χ3v) is 8.01. The van der Waals surface area contributed by atoms with E-state index < -0.39 is 39.5 Å². The van der Waals surface area contributed by atoms with Gasteiger partial charge in [0.25, 0.3) is 5.91 Å². The number of rotatable bonds is 9. The van der Waals surface area contributed by atoms with Crippen LogP contribution in [0.1, 0.15) is 29.7 Å². The molecule has 2 unspecified atom stereocenters. The second kappa shape index (κ2) is 11.1. The smallest absolute Gasteiger partial charge is 0.359 e. The van der Waals surface area contributed by atoms with Crippen molar-refractivity contribution < 1.29 is 26.9 Å². The van der Waals surface area contributed by atoms with Gasteiger partial charge in [0.15, 0.2) is 17.8 Å². The summed E-state index contributed by atoms with van der Waals surface area (Å²) in [6.45, 7) is 1.34. The van der Waals surface area contributed by atoms with Crippen molar-refractivity contribution in [2.45, 2.75) is 30.9 Å². The van der Waals surface area contributed by atoms with Crippen LogP contribution in [0.25, 0.3) is 0 Å². The number of likely N-dealkylation sites (tertiary alicyclic amines) is 1. The molecule has 200 valence electrons. The molecule has 3 aromatic carbocycles. The quantitative estimate of drug-likeness (QED) is 0.125. The van der Waals surface area contributed by atoms with Crippen LogP contribution in [0.2, 0.25) is 0 Å². The van der Waals surface area contributed by atoms with Gasteiger partial charge in [-0.15, -0.1) is 0 Å². The SMILES string of the molecule is CC(OS(C)(=O)=O)=C(C(=O)OC(c1ccccc1)c1ccccc1)N1C(=O)C2N=C(Cc3ccccc3)SC21. The number of hydrogen-bond donors (Lipinski definition) is 0. The van der Waals surface area contributed by atoms with E-state index >= 15 is 0 Å². The first-order valence-electron chi connectivity index (χ1n) is 12.2. The van der Waals surface area contributed by atoms with Crippen molar-refractivity contribution in [3.63, 3.8) is 0 Å². The molecule has 3 aromatic rings. The summed E-state index contributed by atoms with van der Waals surface area (Å²) >= 11 is 1.37. The van der Waals surface area contributed by atoms with Crippen molar-refractivity contribution in [1.29, 1.82) is 0 Å². The van der Waals surface area contributed by atoms with E-state index in [0.717, 1.165) is 28.0 Å². The highest BCUT2D eigenvalue weighted by molar-refractivity contribution is 8.14. The van der Waals surface area contributed by atoms with Crippen molar-refractivity contribution in [1.82, 2.24) is 4.90 Å². The minimum atomic E-state index is -3.98. The summed E-state index contributed by atoms with van der Waals surface area (Å²) in [4.78, 5) is 32.8. The Morgan fingerprint density at radius 1 is 0.949 bits per heavy atom. The van der Waals surface area contributed by atoms with E-state index in [1.807, 2.05) is 91.0 Å². The molecule has 0 N–H and O–H groups in total. The molecule has 10 heteroatoms. The number of β-lactam (4-membered cyclic amide) rings is 1. The number of ether oxygens (including phenoxy) is 1. The molecule has 2 atom stereocenters. The molecular weight excluding hydrogens is 536 g/mol. The second-order valence-electron chi connectivity index (χ2n) is 9.15. The van der Waals surface area contributed by atoms with Crippen LogP contribution in [0.4, 0.5) is 0 Å². The highest BCUT2D eigenvalue weighted by atomic mass is 32.2. The van der Waals surface area contributed by atoms with Crippen molar-refractivity contribution in [2.24, 2.45) is 4.99 Å². The first-order valence-corrected chi connectivity index (χ1v) is 14.9. The van der Waals surface area contributed by atoms with E-state index in [4.69, 9.17) is 8.92 Å². The van der Waals surface area contributed by atoms with Crippen molar-refractivity contribution in [3.8, 4) is 0 Å². The van der Waals surface area contributed by atoms with E-state index in [2.05, 4.69) is 4.99 Å². The number of allylic oxidation sites excluding steroid dienone is 1. The third kappa shape index (κ3) is 5.91. The molecule has 39 heavy (non-hydrogen) atoms. The molecule has 1 saturated heterocycles. The molecule has 8 nitrogen and oxygen atoms in total. The topological polar surface area (TPSA) is 102 Å². The Labute approximate surface area is 231 Å². The maximum atomic E-state index is 13.8. The van der Waals surface area contributed by atoms with E-state index in [1.165, 1.54) is 23.6 Å². The van der Waals surface area contributed by atoms with Crippen LogP contribution < -0.4 is 0 Å². The van der Waals surface area contributed by atoms with Gasteiger partial charge in [-0.2, -0.15) is 8.42 Å². The first kappa shape index (κ1) is 26.7. The van der Waals surface area contributed by atoms with E-state index in [1.54, 1.807) is 0 Å². The van der Waals surface area contributed by atoms with Crippen LogP contribution >= 0.6 is 11.8 Å². The van der Waals surface area contributed by atoms with Gasteiger partial charge >= 0.3 is 16.1 Å². The number of aliphatic imine (C=N–C) groups is 1. The molecule has 0 saturated carbocycles. The third-order valence-electron chi connectivity index (χ3n) is 6.23. The number of amides is 1. The Balaban J connectivity index is 1.45. The van der Waals surface area contributed by atoms with Crippen LogP contribution in [0.15, 0.2) is 107 Å². The summed E-state index contributed by atoms with van der Waals surface area (Å²) in [5, 5.41) is 0.247. The average Bonchev–Trinajstić information content (AvgIpc) is 3.29.